The van der Waals surface area contributed by atoms with Crippen molar-refractivity contribution in [1.82, 2.24) is 5.32 Å². The molecule has 0 bridgehead atoms. The maximum atomic E-state index is 5.52. The van der Waals surface area contributed by atoms with E-state index in [1.165, 1.54) is 32.2 Å². The van der Waals surface area contributed by atoms with E-state index in [1.807, 2.05) is 0 Å². The number of nitrogens with one attached hydrogen (secondary N) is 1. The molecule has 0 spiro atoms. The molecule has 0 amide bonds. The Balaban J connectivity index is 1.79. The van der Waals surface area contributed by atoms with E-state index in [0.717, 1.165) is 31.1 Å². The summed E-state index contributed by atoms with van der Waals surface area (Å²) in [6.07, 6.45) is 5.38. The lowest BCUT2D eigenvalue weighted by molar-refractivity contribution is 0.0326. The van der Waals surface area contributed by atoms with E-state index in [2.05, 4.69) is 12.2 Å². The third kappa shape index (κ3) is 2.44. The quantitative estimate of drug-likeness (QED) is 0.669. The van der Waals surface area contributed by atoms with E-state index < -0.39 is 0 Å². The van der Waals surface area contributed by atoms with E-state index in [4.69, 9.17) is 4.74 Å². The molecule has 0 aromatic carbocycles. The minimum atomic E-state index is 0.747. The smallest absolute Gasteiger partial charge is 0.0509 e. The monoisotopic (exact) mass is 183 g/mol. The van der Waals surface area contributed by atoms with Gasteiger partial charge in [0, 0.05) is 12.6 Å². The molecule has 2 heterocycles. The highest BCUT2D eigenvalue weighted by molar-refractivity contribution is 4.83. The van der Waals surface area contributed by atoms with Crippen molar-refractivity contribution < 1.29 is 4.74 Å². The summed E-state index contributed by atoms with van der Waals surface area (Å²) in [4.78, 5) is 0. The van der Waals surface area contributed by atoms with Gasteiger partial charge in [0.25, 0.3) is 0 Å². The lowest BCUT2D eigenvalue weighted by Gasteiger charge is -2.35. The molecule has 2 aliphatic rings. The summed E-state index contributed by atoms with van der Waals surface area (Å²) >= 11 is 0. The number of hydrogen-bond donors (Lipinski definition) is 1. The van der Waals surface area contributed by atoms with Gasteiger partial charge in [-0.2, -0.15) is 0 Å². The molecule has 2 nitrogen and oxygen atoms in total. The predicted octanol–water partition coefficient (Wildman–Crippen LogP) is 1.80. The largest absolute Gasteiger partial charge is 0.381 e. The van der Waals surface area contributed by atoms with Gasteiger partial charge in [0.05, 0.1) is 6.61 Å². The standard InChI is InChI=1S/C11H21NO/c1-9-4-5-11(12-7-9)10-3-2-6-13-8-10/h9-12H,2-8H2,1H3/t9-,10-,11+/m0/s1. The zero-order valence-corrected chi connectivity index (χ0v) is 8.59. The van der Waals surface area contributed by atoms with Gasteiger partial charge >= 0.3 is 0 Å². The molecule has 2 rings (SSSR count). The molecule has 0 aliphatic carbocycles. The molecule has 2 saturated heterocycles. The topological polar surface area (TPSA) is 21.3 Å². The van der Waals surface area contributed by atoms with Crippen LogP contribution in [-0.4, -0.2) is 25.8 Å². The van der Waals surface area contributed by atoms with Gasteiger partial charge in [-0.1, -0.05) is 6.92 Å². The van der Waals surface area contributed by atoms with Crippen LogP contribution in [0.4, 0.5) is 0 Å². The normalized spacial score (nSPS) is 41.8. The van der Waals surface area contributed by atoms with Crippen molar-refractivity contribution in [2.24, 2.45) is 11.8 Å². The highest BCUT2D eigenvalue weighted by atomic mass is 16.5. The fourth-order valence-corrected chi connectivity index (χ4v) is 2.51. The minimum Gasteiger partial charge on any atom is -0.381 e. The Kier molecular flexibility index (Phi) is 3.23. The first-order valence-corrected chi connectivity index (χ1v) is 5.67. The number of piperidine rings is 1. The molecule has 2 aliphatic heterocycles. The van der Waals surface area contributed by atoms with Crippen LogP contribution in [0.1, 0.15) is 32.6 Å². The second-order valence-electron chi connectivity index (χ2n) is 4.67. The molecule has 0 unspecified atom stereocenters. The molecular weight excluding hydrogens is 162 g/mol. The fourth-order valence-electron chi connectivity index (χ4n) is 2.51. The van der Waals surface area contributed by atoms with Crippen molar-refractivity contribution in [1.29, 1.82) is 0 Å². The molecular formula is C11H21NO. The zero-order chi connectivity index (χ0) is 9.10. The maximum Gasteiger partial charge on any atom is 0.0509 e. The third-order valence-corrected chi connectivity index (χ3v) is 3.46. The molecule has 0 aromatic rings. The second-order valence-corrected chi connectivity index (χ2v) is 4.67. The van der Waals surface area contributed by atoms with Crippen LogP contribution in [0.15, 0.2) is 0 Å². The van der Waals surface area contributed by atoms with Gasteiger partial charge < -0.3 is 10.1 Å². The third-order valence-electron chi connectivity index (χ3n) is 3.46. The summed E-state index contributed by atoms with van der Waals surface area (Å²) in [5, 5.41) is 3.66. The summed E-state index contributed by atoms with van der Waals surface area (Å²) in [7, 11) is 0. The molecule has 13 heavy (non-hydrogen) atoms. The Labute approximate surface area is 81.0 Å². The lowest BCUT2D eigenvalue weighted by Crippen LogP contribution is -2.45. The van der Waals surface area contributed by atoms with Crippen molar-refractivity contribution in [2.75, 3.05) is 19.8 Å². The predicted molar refractivity (Wildman–Crippen MR) is 53.7 cm³/mol. The van der Waals surface area contributed by atoms with Crippen LogP contribution in [0.5, 0.6) is 0 Å². The average molecular weight is 183 g/mol. The summed E-state index contributed by atoms with van der Waals surface area (Å²) in [6.45, 7) is 5.52. The van der Waals surface area contributed by atoms with Gasteiger partial charge in [-0.15, -0.1) is 0 Å². The van der Waals surface area contributed by atoms with E-state index in [9.17, 15) is 0 Å². The van der Waals surface area contributed by atoms with Gasteiger partial charge in [-0.25, -0.2) is 0 Å². The van der Waals surface area contributed by atoms with Crippen LogP contribution in [0.3, 0.4) is 0 Å². The van der Waals surface area contributed by atoms with Gasteiger partial charge in [0.15, 0.2) is 0 Å². The summed E-state index contributed by atoms with van der Waals surface area (Å²) < 4.78 is 5.52. The summed E-state index contributed by atoms with van der Waals surface area (Å²) in [5.41, 5.74) is 0. The Morgan fingerprint density at radius 2 is 2.15 bits per heavy atom. The Bertz CT molecular complexity index is 146. The molecule has 2 fully saturated rings. The highest BCUT2D eigenvalue weighted by Gasteiger charge is 2.26. The van der Waals surface area contributed by atoms with Gasteiger partial charge in [0.1, 0.15) is 0 Å². The SMILES string of the molecule is C[C@H]1CC[C@H]([C@H]2CCCOC2)NC1. The molecule has 0 aromatic heterocycles. The Morgan fingerprint density at radius 1 is 1.23 bits per heavy atom. The first kappa shape index (κ1) is 9.47. The van der Waals surface area contributed by atoms with E-state index in [0.29, 0.717) is 0 Å². The fraction of sp³-hybridized carbons (Fsp3) is 1.00. The van der Waals surface area contributed by atoms with Gasteiger partial charge in [-0.05, 0) is 44.1 Å². The van der Waals surface area contributed by atoms with Crippen molar-refractivity contribution in [3.8, 4) is 0 Å². The van der Waals surface area contributed by atoms with E-state index in [-0.39, 0.29) is 0 Å². The van der Waals surface area contributed by atoms with Crippen molar-refractivity contribution in [2.45, 2.75) is 38.6 Å². The first-order chi connectivity index (χ1) is 6.36. The van der Waals surface area contributed by atoms with Gasteiger partial charge in [-0.3, -0.25) is 0 Å². The van der Waals surface area contributed by atoms with Crippen LogP contribution >= 0.6 is 0 Å². The minimum absolute atomic E-state index is 0.747. The van der Waals surface area contributed by atoms with Crippen molar-refractivity contribution in [3.63, 3.8) is 0 Å². The molecule has 76 valence electrons. The number of hydrogen-bond acceptors (Lipinski definition) is 2. The maximum absolute atomic E-state index is 5.52. The van der Waals surface area contributed by atoms with Crippen LogP contribution in [-0.2, 0) is 4.74 Å². The molecule has 0 saturated carbocycles. The van der Waals surface area contributed by atoms with Crippen LogP contribution in [0, 0.1) is 11.8 Å². The first-order valence-electron chi connectivity index (χ1n) is 5.67. The Morgan fingerprint density at radius 3 is 2.77 bits per heavy atom. The molecule has 1 N–H and O–H groups in total. The molecule has 2 heteroatoms. The van der Waals surface area contributed by atoms with Crippen LogP contribution in [0.2, 0.25) is 0 Å². The van der Waals surface area contributed by atoms with Crippen LogP contribution < -0.4 is 5.32 Å². The molecule has 3 atom stereocenters. The summed E-state index contributed by atoms with van der Waals surface area (Å²) in [6, 6.07) is 0.747. The second kappa shape index (κ2) is 4.43. The average Bonchev–Trinajstić information content (AvgIpc) is 2.20. The highest BCUT2D eigenvalue weighted by Crippen LogP contribution is 2.24. The number of rotatable bonds is 1. The van der Waals surface area contributed by atoms with Crippen molar-refractivity contribution in [3.05, 3.63) is 0 Å². The molecule has 0 radical (unpaired) electrons. The van der Waals surface area contributed by atoms with E-state index in [1.54, 1.807) is 0 Å². The lowest BCUT2D eigenvalue weighted by atomic mass is 9.85. The van der Waals surface area contributed by atoms with E-state index >= 15 is 0 Å². The van der Waals surface area contributed by atoms with Crippen molar-refractivity contribution >= 4 is 0 Å². The summed E-state index contributed by atoms with van der Waals surface area (Å²) in [5.74, 6) is 1.67. The number of ether oxygens (including phenoxy) is 1. The Hall–Kier alpha value is -0.0800. The zero-order valence-electron chi connectivity index (χ0n) is 8.59. The van der Waals surface area contributed by atoms with Crippen LogP contribution in [0.25, 0.3) is 0 Å². The van der Waals surface area contributed by atoms with Gasteiger partial charge in [0.2, 0.25) is 0 Å².